The van der Waals surface area contributed by atoms with E-state index in [2.05, 4.69) is 17.6 Å². The predicted octanol–water partition coefficient (Wildman–Crippen LogP) is 1.07. The number of aryl methyl sites for hydroxylation is 1. The first kappa shape index (κ1) is 18.4. The molecule has 1 aromatic rings. The highest BCUT2D eigenvalue weighted by molar-refractivity contribution is 7.89. The normalized spacial score (nSPS) is 25.7. The van der Waals surface area contributed by atoms with Gasteiger partial charge in [0.1, 0.15) is 10.6 Å². The van der Waals surface area contributed by atoms with Gasteiger partial charge in [-0.15, -0.1) is 0 Å². The fourth-order valence-corrected chi connectivity index (χ4v) is 5.23. The number of amides is 1. The van der Waals surface area contributed by atoms with Crippen LogP contribution in [0.5, 0.6) is 0 Å². The van der Waals surface area contributed by atoms with Crippen molar-refractivity contribution in [3.8, 4) is 0 Å². The van der Waals surface area contributed by atoms with E-state index in [9.17, 15) is 13.2 Å². The predicted molar refractivity (Wildman–Crippen MR) is 96.0 cm³/mol. The summed E-state index contributed by atoms with van der Waals surface area (Å²) < 4.78 is 28.7. The average molecular weight is 369 g/mol. The van der Waals surface area contributed by atoms with Crippen LogP contribution in [0.15, 0.2) is 17.2 Å². The second kappa shape index (κ2) is 7.47. The summed E-state index contributed by atoms with van der Waals surface area (Å²) in [6, 6.07) is 1.79. The quantitative estimate of drug-likeness (QED) is 0.833. The number of aromatic nitrogens is 1. The molecule has 2 N–H and O–H groups in total. The Labute approximate surface area is 149 Å². The van der Waals surface area contributed by atoms with E-state index in [0.717, 1.165) is 38.6 Å². The number of carbonyl (C=O) groups excluding carboxylic acids is 1. The highest BCUT2D eigenvalue weighted by Gasteiger charge is 2.29. The standard InChI is InChI=1S/C17H28N4O3S/c1-13-15(7-6-8-18-13)19-17(22)16-11-14(12-20(16)2)25(23,24)21-9-4-3-5-10-21/h11-13,15,18H,3-10H2,1-2H3,(H,19,22). The van der Waals surface area contributed by atoms with Gasteiger partial charge >= 0.3 is 0 Å². The summed E-state index contributed by atoms with van der Waals surface area (Å²) in [6.07, 6.45) is 6.36. The van der Waals surface area contributed by atoms with Gasteiger partial charge in [-0.05, 0) is 45.2 Å². The number of hydrogen-bond acceptors (Lipinski definition) is 4. The second-order valence-corrected chi connectivity index (χ2v) is 9.04. The molecule has 2 unspecified atom stereocenters. The topological polar surface area (TPSA) is 83.4 Å². The van der Waals surface area contributed by atoms with Gasteiger partial charge < -0.3 is 15.2 Å². The summed E-state index contributed by atoms with van der Waals surface area (Å²) in [5.41, 5.74) is 0.383. The maximum absolute atomic E-state index is 12.8. The molecule has 0 spiro atoms. The molecule has 0 radical (unpaired) electrons. The fourth-order valence-electron chi connectivity index (χ4n) is 3.64. The van der Waals surface area contributed by atoms with E-state index in [0.29, 0.717) is 18.8 Å². The first-order valence-electron chi connectivity index (χ1n) is 9.10. The fraction of sp³-hybridized carbons (Fsp3) is 0.706. The highest BCUT2D eigenvalue weighted by Crippen LogP contribution is 2.22. The molecule has 0 aliphatic carbocycles. The Morgan fingerprint density at radius 3 is 2.64 bits per heavy atom. The van der Waals surface area contributed by atoms with Crippen molar-refractivity contribution in [2.24, 2.45) is 7.05 Å². The van der Waals surface area contributed by atoms with Crippen LogP contribution in [0.4, 0.5) is 0 Å². The summed E-state index contributed by atoms with van der Waals surface area (Å²) in [4.78, 5) is 12.8. The number of sulfonamides is 1. The molecule has 8 heteroatoms. The molecular weight excluding hydrogens is 340 g/mol. The number of piperidine rings is 2. The summed E-state index contributed by atoms with van der Waals surface area (Å²) in [6.45, 7) is 4.14. The molecule has 2 aliphatic rings. The van der Waals surface area contributed by atoms with Crippen LogP contribution in [0.2, 0.25) is 0 Å². The Morgan fingerprint density at radius 1 is 1.24 bits per heavy atom. The zero-order valence-corrected chi connectivity index (χ0v) is 15.8. The lowest BCUT2D eigenvalue weighted by atomic mass is 10.00. The highest BCUT2D eigenvalue weighted by atomic mass is 32.2. The van der Waals surface area contributed by atoms with Crippen LogP contribution < -0.4 is 10.6 Å². The van der Waals surface area contributed by atoms with Gasteiger partial charge in [0.05, 0.1) is 0 Å². The number of nitrogens with zero attached hydrogens (tertiary/aromatic N) is 2. The Bertz CT molecular complexity index is 722. The lowest BCUT2D eigenvalue weighted by Crippen LogP contribution is -2.52. The number of rotatable bonds is 4. The lowest BCUT2D eigenvalue weighted by Gasteiger charge is -2.30. The zero-order chi connectivity index (χ0) is 18.0. The van der Waals surface area contributed by atoms with Crippen LogP contribution in [0.1, 0.15) is 49.5 Å². The van der Waals surface area contributed by atoms with E-state index in [1.54, 1.807) is 17.8 Å². The van der Waals surface area contributed by atoms with Crippen molar-refractivity contribution < 1.29 is 13.2 Å². The Balaban J connectivity index is 1.76. The SMILES string of the molecule is CC1NCCCC1NC(=O)c1cc(S(=O)(=O)N2CCCCC2)cn1C. The third-order valence-corrected chi connectivity index (χ3v) is 7.11. The van der Waals surface area contributed by atoms with Crippen molar-refractivity contribution in [1.29, 1.82) is 0 Å². The van der Waals surface area contributed by atoms with Crippen LogP contribution in [-0.4, -0.2) is 54.9 Å². The van der Waals surface area contributed by atoms with Crippen molar-refractivity contribution in [2.45, 2.75) is 56.0 Å². The number of hydrogen-bond donors (Lipinski definition) is 2. The maximum Gasteiger partial charge on any atom is 0.268 e. The van der Waals surface area contributed by atoms with Crippen molar-refractivity contribution in [2.75, 3.05) is 19.6 Å². The van der Waals surface area contributed by atoms with Gasteiger partial charge in [0.2, 0.25) is 10.0 Å². The molecule has 3 rings (SSSR count). The molecule has 0 bridgehead atoms. The minimum atomic E-state index is -3.52. The van der Waals surface area contributed by atoms with Crippen molar-refractivity contribution in [1.82, 2.24) is 19.5 Å². The van der Waals surface area contributed by atoms with Gasteiger partial charge in [-0.1, -0.05) is 6.42 Å². The zero-order valence-electron chi connectivity index (χ0n) is 15.0. The van der Waals surface area contributed by atoms with Crippen LogP contribution in [0.25, 0.3) is 0 Å². The Morgan fingerprint density at radius 2 is 1.96 bits per heavy atom. The summed E-state index contributed by atoms with van der Waals surface area (Å²) >= 11 is 0. The lowest BCUT2D eigenvalue weighted by molar-refractivity contribution is 0.0911. The van der Waals surface area contributed by atoms with Gasteiger partial charge in [-0.3, -0.25) is 4.79 Å². The molecule has 0 saturated carbocycles. The van der Waals surface area contributed by atoms with E-state index in [-0.39, 0.29) is 22.9 Å². The molecule has 7 nitrogen and oxygen atoms in total. The third-order valence-electron chi connectivity index (χ3n) is 5.24. The minimum Gasteiger partial charge on any atom is -0.346 e. The van der Waals surface area contributed by atoms with E-state index in [1.165, 1.54) is 10.4 Å². The van der Waals surface area contributed by atoms with Crippen molar-refractivity contribution in [3.05, 3.63) is 18.0 Å². The first-order valence-corrected chi connectivity index (χ1v) is 10.5. The van der Waals surface area contributed by atoms with E-state index < -0.39 is 10.0 Å². The van der Waals surface area contributed by atoms with Crippen LogP contribution in [0.3, 0.4) is 0 Å². The summed E-state index contributed by atoms with van der Waals surface area (Å²) in [5, 5.41) is 6.39. The smallest absolute Gasteiger partial charge is 0.268 e. The summed E-state index contributed by atoms with van der Waals surface area (Å²) in [5.74, 6) is -0.219. The number of nitrogens with one attached hydrogen (secondary N) is 2. The molecule has 2 atom stereocenters. The molecule has 0 aromatic carbocycles. The number of carbonyl (C=O) groups is 1. The largest absolute Gasteiger partial charge is 0.346 e. The molecule has 25 heavy (non-hydrogen) atoms. The van der Waals surface area contributed by atoms with E-state index >= 15 is 0 Å². The van der Waals surface area contributed by atoms with Crippen molar-refractivity contribution >= 4 is 15.9 Å². The van der Waals surface area contributed by atoms with Gasteiger partial charge in [0, 0.05) is 38.4 Å². The first-order chi connectivity index (χ1) is 11.9. The molecule has 140 valence electrons. The monoisotopic (exact) mass is 368 g/mol. The molecule has 1 amide bonds. The maximum atomic E-state index is 12.8. The molecular formula is C17H28N4O3S. The van der Waals surface area contributed by atoms with Crippen molar-refractivity contribution in [3.63, 3.8) is 0 Å². The molecule has 2 saturated heterocycles. The molecule has 2 fully saturated rings. The molecule has 1 aromatic heterocycles. The van der Waals surface area contributed by atoms with E-state index in [1.807, 2.05) is 0 Å². The van der Waals surface area contributed by atoms with E-state index in [4.69, 9.17) is 0 Å². The van der Waals surface area contributed by atoms with Gasteiger partial charge in [-0.2, -0.15) is 4.31 Å². The van der Waals surface area contributed by atoms with Gasteiger partial charge in [0.15, 0.2) is 0 Å². The van der Waals surface area contributed by atoms with Gasteiger partial charge in [0.25, 0.3) is 5.91 Å². The average Bonchev–Trinajstić information content (AvgIpc) is 3.00. The second-order valence-electron chi connectivity index (χ2n) is 7.10. The van der Waals surface area contributed by atoms with Gasteiger partial charge in [-0.25, -0.2) is 8.42 Å². The van der Waals surface area contributed by atoms with Crippen LogP contribution in [0, 0.1) is 0 Å². The minimum absolute atomic E-state index is 0.0679. The van der Waals surface area contributed by atoms with Crippen LogP contribution >= 0.6 is 0 Å². The Hall–Kier alpha value is -1.38. The summed E-state index contributed by atoms with van der Waals surface area (Å²) in [7, 11) is -1.81. The Kier molecular flexibility index (Phi) is 5.50. The third kappa shape index (κ3) is 3.91. The molecule has 3 heterocycles. The van der Waals surface area contributed by atoms with Crippen LogP contribution in [-0.2, 0) is 17.1 Å². The molecule has 2 aliphatic heterocycles.